The predicted octanol–water partition coefficient (Wildman–Crippen LogP) is 4.08. The Morgan fingerprint density at radius 1 is 1.23 bits per heavy atom. The summed E-state index contributed by atoms with van der Waals surface area (Å²) in [6.07, 6.45) is -0.620. The van der Waals surface area contributed by atoms with Crippen molar-refractivity contribution in [3.63, 3.8) is 0 Å². The number of aromatic nitrogens is 1. The highest BCUT2D eigenvalue weighted by Crippen LogP contribution is 2.35. The zero-order chi connectivity index (χ0) is 18.7. The standard InChI is InChI=1S/C20H19ClN2O3/c1-12(24)11-22-20(25)16-9-8-15(10-17(16)21)18-13(2)26-23-19(18)14-6-4-3-5-7-14/h3-10,12,24H,11H2,1-2H3,(H,22,25). The Morgan fingerprint density at radius 2 is 1.96 bits per heavy atom. The molecule has 1 atom stereocenters. The number of benzene rings is 2. The lowest BCUT2D eigenvalue weighted by Crippen LogP contribution is -2.30. The molecule has 0 bridgehead atoms. The highest BCUT2D eigenvalue weighted by atomic mass is 35.5. The molecule has 1 unspecified atom stereocenters. The number of aryl methyl sites for hydroxylation is 1. The lowest BCUT2D eigenvalue weighted by atomic mass is 9.98. The van der Waals surface area contributed by atoms with Crippen LogP contribution in [0, 0.1) is 6.92 Å². The molecular formula is C20H19ClN2O3. The quantitative estimate of drug-likeness (QED) is 0.709. The van der Waals surface area contributed by atoms with Gasteiger partial charge in [-0.15, -0.1) is 0 Å². The van der Waals surface area contributed by atoms with Gasteiger partial charge >= 0.3 is 0 Å². The van der Waals surface area contributed by atoms with Crippen LogP contribution in [-0.4, -0.2) is 28.8 Å². The van der Waals surface area contributed by atoms with Crippen LogP contribution in [0.25, 0.3) is 22.4 Å². The number of rotatable bonds is 5. The molecule has 6 heteroatoms. The Kier molecular flexibility index (Phi) is 5.40. The van der Waals surface area contributed by atoms with Gasteiger partial charge in [0.15, 0.2) is 0 Å². The number of amides is 1. The van der Waals surface area contributed by atoms with Gasteiger partial charge in [-0.25, -0.2) is 0 Å². The van der Waals surface area contributed by atoms with Gasteiger partial charge in [0.25, 0.3) is 5.91 Å². The van der Waals surface area contributed by atoms with Gasteiger partial charge in [0, 0.05) is 12.1 Å². The minimum Gasteiger partial charge on any atom is -0.392 e. The molecule has 0 spiro atoms. The Bertz CT molecular complexity index is 920. The summed E-state index contributed by atoms with van der Waals surface area (Å²) >= 11 is 6.33. The minimum absolute atomic E-state index is 0.166. The number of hydrogen-bond acceptors (Lipinski definition) is 4. The summed E-state index contributed by atoms with van der Waals surface area (Å²) < 4.78 is 5.39. The lowest BCUT2D eigenvalue weighted by molar-refractivity contribution is 0.0924. The summed E-state index contributed by atoms with van der Waals surface area (Å²) in [5.41, 5.74) is 3.68. The van der Waals surface area contributed by atoms with Gasteiger partial charge in [0.05, 0.1) is 22.3 Å². The molecule has 5 nitrogen and oxygen atoms in total. The van der Waals surface area contributed by atoms with Crippen molar-refractivity contribution in [2.45, 2.75) is 20.0 Å². The molecule has 2 N–H and O–H groups in total. The Balaban J connectivity index is 1.96. The maximum Gasteiger partial charge on any atom is 0.252 e. The normalized spacial score (nSPS) is 12.0. The van der Waals surface area contributed by atoms with Crippen LogP contribution in [0.1, 0.15) is 23.0 Å². The molecule has 0 radical (unpaired) electrons. The maximum absolute atomic E-state index is 12.2. The van der Waals surface area contributed by atoms with Crippen LogP contribution in [0.3, 0.4) is 0 Å². The molecule has 0 aliphatic rings. The predicted molar refractivity (Wildman–Crippen MR) is 101 cm³/mol. The number of halogens is 1. The number of nitrogens with zero attached hydrogens (tertiary/aromatic N) is 1. The molecule has 1 aromatic heterocycles. The monoisotopic (exact) mass is 370 g/mol. The van der Waals surface area contributed by atoms with E-state index in [-0.39, 0.29) is 12.5 Å². The van der Waals surface area contributed by atoms with E-state index in [1.54, 1.807) is 19.1 Å². The third kappa shape index (κ3) is 3.79. The van der Waals surface area contributed by atoms with Crippen molar-refractivity contribution < 1.29 is 14.4 Å². The van der Waals surface area contributed by atoms with Crippen LogP contribution in [0.2, 0.25) is 5.02 Å². The zero-order valence-electron chi connectivity index (χ0n) is 14.5. The van der Waals surface area contributed by atoms with Crippen molar-refractivity contribution in [2.75, 3.05) is 6.54 Å². The van der Waals surface area contributed by atoms with Gasteiger partial charge in [-0.05, 0) is 31.5 Å². The van der Waals surface area contributed by atoms with Gasteiger partial charge in [0.1, 0.15) is 11.5 Å². The third-order valence-electron chi connectivity index (χ3n) is 3.97. The van der Waals surface area contributed by atoms with Crippen LogP contribution in [0.15, 0.2) is 53.1 Å². The number of nitrogens with one attached hydrogen (secondary N) is 1. The second-order valence-corrected chi connectivity index (χ2v) is 6.49. The molecule has 0 aliphatic heterocycles. The van der Waals surface area contributed by atoms with E-state index < -0.39 is 6.10 Å². The van der Waals surface area contributed by atoms with Crippen molar-refractivity contribution in [1.29, 1.82) is 0 Å². The molecule has 0 fully saturated rings. The molecule has 1 heterocycles. The molecule has 3 rings (SSSR count). The van der Waals surface area contributed by atoms with Crippen molar-refractivity contribution in [3.8, 4) is 22.4 Å². The summed E-state index contributed by atoms with van der Waals surface area (Å²) in [4.78, 5) is 12.2. The van der Waals surface area contributed by atoms with Gasteiger partial charge in [-0.3, -0.25) is 4.79 Å². The van der Waals surface area contributed by atoms with Crippen LogP contribution in [0.5, 0.6) is 0 Å². The van der Waals surface area contributed by atoms with E-state index in [2.05, 4.69) is 10.5 Å². The first-order valence-corrected chi connectivity index (χ1v) is 8.63. The highest BCUT2D eigenvalue weighted by molar-refractivity contribution is 6.34. The van der Waals surface area contributed by atoms with E-state index in [1.807, 2.05) is 43.3 Å². The molecule has 0 saturated heterocycles. The summed E-state index contributed by atoms with van der Waals surface area (Å²) in [6.45, 7) is 3.61. The molecule has 134 valence electrons. The smallest absolute Gasteiger partial charge is 0.252 e. The van der Waals surface area contributed by atoms with E-state index in [1.165, 1.54) is 0 Å². The fraction of sp³-hybridized carbons (Fsp3) is 0.200. The highest BCUT2D eigenvalue weighted by Gasteiger charge is 2.19. The Morgan fingerprint density at radius 3 is 2.62 bits per heavy atom. The molecule has 0 aliphatic carbocycles. The average Bonchev–Trinajstić information content (AvgIpc) is 3.02. The fourth-order valence-corrected chi connectivity index (χ4v) is 2.96. The van der Waals surface area contributed by atoms with E-state index >= 15 is 0 Å². The molecule has 2 aromatic carbocycles. The van der Waals surface area contributed by atoms with Crippen LogP contribution in [-0.2, 0) is 0 Å². The Labute approximate surface area is 156 Å². The number of hydrogen-bond donors (Lipinski definition) is 2. The zero-order valence-corrected chi connectivity index (χ0v) is 15.2. The molecule has 0 saturated carbocycles. The van der Waals surface area contributed by atoms with Crippen molar-refractivity contribution in [1.82, 2.24) is 10.5 Å². The Hall–Kier alpha value is -2.63. The number of carbonyl (C=O) groups is 1. The average molecular weight is 371 g/mol. The van der Waals surface area contributed by atoms with Crippen molar-refractivity contribution in [2.24, 2.45) is 0 Å². The third-order valence-corrected chi connectivity index (χ3v) is 4.28. The summed E-state index contributed by atoms with van der Waals surface area (Å²) in [7, 11) is 0. The number of aliphatic hydroxyl groups excluding tert-OH is 1. The molecule has 26 heavy (non-hydrogen) atoms. The molecular weight excluding hydrogens is 352 g/mol. The first kappa shape index (κ1) is 18.2. The summed E-state index contributed by atoms with van der Waals surface area (Å²) in [5.74, 6) is 0.346. The van der Waals surface area contributed by atoms with Crippen molar-refractivity contribution >= 4 is 17.5 Å². The van der Waals surface area contributed by atoms with E-state index in [0.29, 0.717) is 16.3 Å². The van der Waals surface area contributed by atoms with Gasteiger partial charge in [-0.1, -0.05) is 53.2 Å². The SMILES string of the molecule is Cc1onc(-c2ccccc2)c1-c1ccc(C(=O)NCC(C)O)c(Cl)c1. The largest absolute Gasteiger partial charge is 0.392 e. The van der Waals surface area contributed by atoms with E-state index in [0.717, 1.165) is 22.4 Å². The van der Waals surface area contributed by atoms with Crippen LogP contribution in [0.4, 0.5) is 0 Å². The molecule has 3 aromatic rings. The number of carbonyl (C=O) groups excluding carboxylic acids is 1. The summed E-state index contributed by atoms with van der Waals surface area (Å²) in [5, 5.41) is 16.4. The van der Waals surface area contributed by atoms with E-state index in [4.69, 9.17) is 16.1 Å². The molecule has 1 amide bonds. The fourth-order valence-electron chi connectivity index (χ4n) is 2.70. The van der Waals surface area contributed by atoms with Gasteiger partial charge in [0.2, 0.25) is 0 Å². The van der Waals surface area contributed by atoms with Gasteiger partial charge < -0.3 is 14.9 Å². The second kappa shape index (κ2) is 7.72. The van der Waals surface area contributed by atoms with Crippen LogP contribution < -0.4 is 5.32 Å². The van der Waals surface area contributed by atoms with Crippen molar-refractivity contribution in [3.05, 3.63) is 64.9 Å². The van der Waals surface area contributed by atoms with E-state index in [9.17, 15) is 9.90 Å². The van der Waals surface area contributed by atoms with Crippen LogP contribution >= 0.6 is 11.6 Å². The number of aliphatic hydroxyl groups is 1. The lowest BCUT2D eigenvalue weighted by Gasteiger charge is -2.10. The first-order chi connectivity index (χ1) is 12.5. The van der Waals surface area contributed by atoms with Gasteiger partial charge in [-0.2, -0.15) is 0 Å². The minimum atomic E-state index is -0.620. The maximum atomic E-state index is 12.2. The second-order valence-electron chi connectivity index (χ2n) is 6.08. The summed E-state index contributed by atoms with van der Waals surface area (Å²) in [6, 6.07) is 14.9. The topological polar surface area (TPSA) is 75.4 Å². The first-order valence-electron chi connectivity index (χ1n) is 8.25.